The Hall–Kier alpha value is -2.83. The molecule has 4 N–H and O–H groups in total. The van der Waals surface area contributed by atoms with Crippen LogP contribution in [0, 0.1) is 18.3 Å². The molecule has 1 heterocycles. The number of carbonyl (C=O) groups excluding carboxylic acids is 2. The van der Waals surface area contributed by atoms with E-state index < -0.39 is 0 Å². The van der Waals surface area contributed by atoms with Gasteiger partial charge >= 0.3 is 0 Å². The monoisotopic (exact) mass is 437 g/mol. The van der Waals surface area contributed by atoms with Crippen LogP contribution in [0.2, 0.25) is 0 Å². The fraction of sp³-hybridized carbons (Fsp3) is 0.560. The number of nitrogens with zero attached hydrogens (tertiary/aromatic N) is 2. The minimum atomic E-state index is -0.235. The van der Waals surface area contributed by atoms with Crippen LogP contribution in [0.3, 0.4) is 0 Å². The average Bonchev–Trinajstić information content (AvgIpc) is 3.47. The van der Waals surface area contributed by atoms with Crippen molar-refractivity contribution in [3.05, 3.63) is 41.3 Å². The summed E-state index contributed by atoms with van der Waals surface area (Å²) in [7, 11) is 0. The minimum Gasteiger partial charge on any atom is -0.383 e. The van der Waals surface area contributed by atoms with Crippen LogP contribution in [0.5, 0.6) is 0 Å². The number of nitrogens with one attached hydrogen (secondary N) is 2. The molecule has 1 aromatic heterocycles. The molecule has 0 spiro atoms. The van der Waals surface area contributed by atoms with Crippen LogP contribution < -0.4 is 16.4 Å². The number of benzene rings is 1. The second-order valence-electron chi connectivity index (χ2n) is 10.5. The number of hydrogen-bond donors (Lipinski definition) is 3. The van der Waals surface area contributed by atoms with E-state index in [4.69, 9.17) is 5.73 Å². The van der Waals surface area contributed by atoms with E-state index in [0.717, 1.165) is 49.8 Å². The first kappa shape index (κ1) is 22.4. The molecule has 1 aromatic carbocycles. The first-order valence-electron chi connectivity index (χ1n) is 11.7. The second kappa shape index (κ2) is 8.60. The molecular formula is C25H35N5O2. The van der Waals surface area contributed by atoms with Crippen LogP contribution in [0.25, 0.3) is 5.69 Å². The lowest BCUT2D eigenvalue weighted by molar-refractivity contribution is 0.0899. The number of nitrogen functional groups attached to an aromatic ring is 1. The highest BCUT2D eigenvalue weighted by molar-refractivity contribution is 5.97. The number of rotatable bonds is 5. The summed E-state index contributed by atoms with van der Waals surface area (Å²) < 4.78 is 1.69. The normalized spacial score (nSPS) is 21.2. The zero-order valence-electron chi connectivity index (χ0n) is 19.6. The Bertz CT molecular complexity index is 1010. The summed E-state index contributed by atoms with van der Waals surface area (Å²) in [5, 5.41) is 6.13. The molecule has 0 atom stereocenters. The Labute approximate surface area is 190 Å². The van der Waals surface area contributed by atoms with Gasteiger partial charge in [-0.05, 0) is 74.5 Å². The largest absolute Gasteiger partial charge is 0.383 e. The molecule has 2 saturated carbocycles. The molecule has 32 heavy (non-hydrogen) atoms. The van der Waals surface area contributed by atoms with E-state index >= 15 is 0 Å². The third kappa shape index (κ3) is 4.81. The summed E-state index contributed by atoms with van der Waals surface area (Å²) in [6.45, 7) is 8.81. The van der Waals surface area contributed by atoms with Crippen LogP contribution in [-0.4, -0.2) is 33.4 Å². The number of carbonyl (C=O) groups is 2. The van der Waals surface area contributed by atoms with Gasteiger partial charge in [0.25, 0.3) is 11.8 Å². The summed E-state index contributed by atoms with van der Waals surface area (Å²) in [5.41, 5.74) is 9.16. The molecule has 0 unspecified atom stereocenters. The lowest BCUT2D eigenvalue weighted by Crippen LogP contribution is -2.39. The van der Waals surface area contributed by atoms with Crippen LogP contribution in [0.4, 0.5) is 5.82 Å². The fourth-order valence-corrected chi connectivity index (χ4v) is 4.59. The molecular weight excluding hydrogens is 402 g/mol. The zero-order chi connectivity index (χ0) is 23.0. The van der Waals surface area contributed by atoms with Crippen molar-refractivity contribution in [2.45, 2.75) is 78.3 Å². The van der Waals surface area contributed by atoms with Gasteiger partial charge in [-0.2, -0.15) is 0 Å². The minimum absolute atomic E-state index is 0.0868. The van der Waals surface area contributed by atoms with Gasteiger partial charge in [0.05, 0.1) is 5.69 Å². The number of nitrogens with two attached hydrogens (primary N) is 1. The predicted molar refractivity (Wildman–Crippen MR) is 126 cm³/mol. The molecule has 7 heteroatoms. The van der Waals surface area contributed by atoms with Crippen LogP contribution in [0.15, 0.2) is 24.5 Å². The Balaban J connectivity index is 1.46. The summed E-state index contributed by atoms with van der Waals surface area (Å²) in [6, 6.07) is 5.96. The number of anilines is 1. The van der Waals surface area contributed by atoms with Crippen molar-refractivity contribution in [1.82, 2.24) is 20.2 Å². The maximum atomic E-state index is 12.9. The van der Waals surface area contributed by atoms with E-state index in [-0.39, 0.29) is 29.4 Å². The van der Waals surface area contributed by atoms with E-state index in [9.17, 15) is 9.59 Å². The number of aryl methyl sites for hydroxylation is 1. The van der Waals surface area contributed by atoms with Gasteiger partial charge in [0, 0.05) is 17.6 Å². The third-order valence-corrected chi connectivity index (χ3v) is 6.95. The van der Waals surface area contributed by atoms with E-state index in [1.807, 2.05) is 19.1 Å². The molecule has 2 aliphatic carbocycles. The molecule has 7 nitrogen and oxygen atoms in total. The topological polar surface area (TPSA) is 102 Å². The lowest BCUT2D eigenvalue weighted by Gasteiger charge is -2.37. The first-order valence-corrected chi connectivity index (χ1v) is 11.7. The predicted octanol–water partition coefficient (Wildman–Crippen LogP) is 3.99. The molecule has 2 fully saturated rings. The maximum absolute atomic E-state index is 12.9. The van der Waals surface area contributed by atoms with Crippen molar-refractivity contribution >= 4 is 17.6 Å². The molecule has 2 amide bonds. The van der Waals surface area contributed by atoms with Gasteiger partial charge in [-0.1, -0.05) is 26.8 Å². The number of amides is 2. The Morgan fingerprint density at radius 3 is 2.19 bits per heavy atom. The highest BCUT2D eigenvalue weighted by Gasteiger charge is 2.31. The highest BCUT2D eigenvalue weighted by atomic mass is 16.2. The third-order valence-electron chi connectivity index (χ3n) is 6.95. The van der Waals surface area contributed by atoms with Crippen molar-refractivity contribution < 1.29 is 9.59 Å². The number of hydrogen-bond acceptors (Lipinski definition) is 4. The van der Waals surface area contributed by atoms with E-state index in [1.165, 1.54) is 0 Å². The molecule has 2 aromatic rings. The molecule has 172 valence electrons. The van der Waals surface area contributed by atoms with Crippen molar-refractivity contribution in [1.29, 1.82) is 0 Å². The summed E-state index contributed by atoms with van der Waals surface area (Å²) in [6.07, 6.45) is 7.83. The molecule has 0 bridgehead atoms. The first-order chi connectivity index (χ1) is 15.1. The molecule has 2 aliphatic rings. The zero-order valence-corrected chi connectivity index (χ0v) is 19.6. The molecule has 0 aliphatic heterocycles. The van der Waals surface area contributed by atoms with Crippen molar-refractivity contribution in [3.8, 4) is 5.69 Å². The molecule has 0 saturated heterocycles. The Kier molecular flexibility index (Phi) is 6.01. The van der Waals surface area contributed by atoms with Crippen molar-refractivity contribution in [2.24, 2.45) is 11.3 Å². The second-order valence-corrected chi connectivity index (χ2v) is 10.5. The fourth-order valence-electron chi connectivity index (χ4n) is 4.59. The van der Waals surface area contributed by atoms with Gasteiger partial charge in [-0.25, -0.2) is 4.98 Å². The Morgan fingerprint density at radius 2 is 1.59 bits per heavy atom. The van der Waals surface area contributed by atoms with Crippen molar-refractivity contribution in [3.63, 3.8) is 0 Å². The number of aromatic nitrogens is 2. The van der Waals surface area contributed by atoms with E-state index in [0.29, 0.717) is 22.9 Å². The molecule has 4 rings (SSSR count). The quantitative estimate of drug-likeness (QED) is 0.658. The van der Waals surface area contributed by atoms with Gasteiger partial charge < -0.3 is 16.4 Å². The summed E-state index contributed by atoms with van der Waals surface area (Å²) in [4.78, 5) is 29.7. The number of imidazole rings is 1. The average molecular weight is 438 g/mol. The van der Waals surface area contributed by atoms with Gasteiger partial charge in [0.15, 0.2) is 5.69 Å². The summed E-state index contributed by atoms with van der Waals surface area (Å²) >= 11 is 0. The lowest BCUT2D eigenvalue weighted by atomic mass is 9.71. The maximum Gasteiger partial charge on any atom is 0.273 e. The SMILES string of the molecule is Cc1ccc(C(=O)NC2CC2)cc1-n1cnc(C(=O)NC2CCC(C(C)(C)C)CC2)c1N. The van der Waals surface area contributed by atoms with Crippen molar-refractivity contribution in [2.75, 3.05) is 5.73 Å². The van der Waals surface area contributed by atoms with Gasteiger partial charge in [-0.15, -0.1) is 0 Å². The molecule has 0 radical (unpaired) electrons. The van der Waals surface area contributed by atoms with Gasteiger partial charge in [0.2, 0.25) is 0 Å². The Morgan fingerprint density at radius 1 is 1.00 bits per heavy atom. The van der Waals surface area contributed by atoms with Crippen LogP contribution >= 0.6 is 0 Å². The van der Waals surface area contributed by atoms with Gasteiger partial charge in [-0.3, -0.25) is 14.2 Å². The smallest absolute Gasteiger partial charge is 0.273 e. The summed E-state index contributed by atoms with van der Waals surface area (Å²) in [5.74, 6) is 0.651. The standard InChI is InChI=1S/C25H35N5O2/c1-15-5-6-16(23(31)28-19-11-12-19)13-20(15)30-14-27-21(22(30)26)24(32)29-18-9-7-17(8-10-18)25(2,3)4/h5-6,13-14,17-19H,7-12,26H2,1-4H3,(H,28,31)(H,29,32). The van der Waals surface area contributed by atoms with E-state index in [2.05, 4.69) is 36.4 Å². The van der Waals surface area contributed by atoms with E-state index in [1.54, 1.807) is 17.0 Å². The van der Waals surface area contributed by atoms with Crippen LogP contribution in [-0.2, 0) is 0 Å². The van der Waals surface area contributed by atoms with Crippen LogP contribution in [0.1, 0.15) is 85.7 Å². The van der Waals surface area contributed by atoms with Gasteiger partial charge in [0.1, 0.15) is 12.1 Å². The highest BCUT2D eigenvalue weighted by Crippen LogP contribution is 2.37.